The molecular weight excluding hydrogens is 384 g/mol. The second-order valence-corrected chi connectivity index (χ2v) is 7.39. The summed E-state index contributed by atoms with van der Waals surface area (Å²) in [5.74, 6) is 0.774. The maximum Gasteiger partial charge on any atom is 0.271 e. The molecule has 8 heteroatoms. The summed E-state index contributed by atoms with van der Waals surface area (Å²) in [6.45, 7) is 2.32. The van der Waals surface area contributed by atoms with Crippen molar-refractivity contribution in [3.63, 3.8) is 0 Å². The SMILES string of the molecule is COc1ccc(CCNC(=O)[C@H]2CCC[C@H]2NC(=O)c2cnc(C)cn2)cc1OC. The Balaban J connectivity index is 1.52. The van der Waals surface area contributed by atoms with Gasteiger partial charge in [0.1, 0.15) is 5.69 Å². The topological polar surface area (TPSA) is 102 Å². The predicted molar refractivity (Wildman–Crippen MR) is 112 cm³/mol. The zero-order valence-corrected chi connectivity index (χ0v) is 17.6. The molecule has 2 aromatic rings. The van der Waals surface area contributed by atoms with Crippen LogP contribution in [0.2, 0.25) is 0 Å². The Hall–Kier alpha value is -3.16. The number of aromatic nitrogens is 2. The number of hydrogen-bond donors (Lipinski definition) is 2. The van der Waals surface area contributed by atoms with E-state index in [1.807, 2.05) is 25.1 Å². The number of rotatable bonds is 8. The summed E-state index contributed by atoms with van der Waals surface area (Å²) in [6, 6.07) is 5.52. The zero-order valence-electron chi connectivity index (χ0n) is 17.6. The van der Waals surface area contributed by atoms with Crippen LogP contribution in [0.5, 0.6) is 11.5 Å². The molecule has 0 bridgehead atoms. The van der Waals surface area contributed by atoms with Crippen molar-refractivity contribution in [1.29, 1.82) is 0 Å². The fraction of sp³-hybridized carbons (Fsp3) is 0.455. The molecule has 1 aliphatic carbocycles. The molecule has 2 atom stereocenters. The molecule has 30 heavy (non-hydrogen) atoms. The van der Waals surface area contributed by atoms with Gasteiger partial charge in [0.2, 0.25) is 5.91 Å². The summed E-state index contributed by atoms with van der Waals surface area (Å²) >= 11 is 0. The van der Waals surface area contributed by atoms with E-state index in [4.69, 9.17) is 9.47 Å². The molecule has 1 saturated carbocycles. The van der Waals surface area contributed by atoms with Crippen molar-refractivity contribution in [3.8, 4) is 11.5 Å². The summed E-state index contributed by atoms with van der Waals surface area (Å²) in [5, 5.41) is 5.95. The first-order valence-electron chi connectivity index (χ1n) is 10.1. The highest BCUT2D eigenvalue weighted by molar-refractivity contribution is 5.92. The van der Waals surface area contributed by atoms with E-state index in [0.717, 1.165) is 30.5 Å². The third-order valence-corrected chi connectivity index (χ3v) is 5.34. The van der Waals surface area contributed by atoms with Gasteiger partial charge in [-0.2, -0.15) is 0 Å². The molecule has 8 nitrogen and oxygen atoms in total. The first-order valence-corrected chi connectivity index (χ1v) is 10.1. The number of methoxy groups -OCH3 is 2. The predicted octanol–water partition coefficient (Wildman–Crippen LogP) is 2.06. The van der Waals surface area contributed by atoms with Crippen LogP contribution < -0.4 is 20.1 Å². The molecule has 1 heterocycles. The molecule has 1 aromatic heterocycles. The molecule has 0 spiro atoms. The van der Waals surface area contributed by atoms with Gasteiger partial charge < -0.3 is 20.1 Å². The van der Waals surface area contributed by atoms with E-state index in [1.54, 1.807) is 20.4 Å². The highest BCUT2D eigenvalue weighted by Gasteiger charge is 2.34. The molecule has 1 aliphatic rings. The number of ether oxygens (including phenoxy) is 2. The Labute approximate surface area is 176 Å². The van der Waals surface area contributed by atoms with Crippen LogP contribution in [0.4, 0.5) is 0 Å². The lowest BCUT2D eigenvalue weighted by Gasteiger charge is -2.20. The number of carbonyl (C=O) groups is 2. The summed E-state index contributed by atoms with van der Waals surface area (Å²) in [6.07, 6.45) is 6.12. The largest absolute Gasteiger partial charge is 0.493 e. The quantitative estimate of drug-likeness (QED) is 0.688. The van der Waals surface area contributed by atoms with E-state index >= 15 is 0 Å². The van der Waals surface area contributed by atoms with E-state index in [9.17, 15) is 9.59 Å². The maximum atomic E-state index is 12.7. The number of nitrogens with zero attached hydrogens (tertiary/aromatic N) is 2. The van der Waals surface area contributed by atoms with Crippen LogP contribution in [0.25, 0.3) is 0 Å². The summed E-state index contributed by atoms with van der Waals surface area (Å²) in [4.78, 5) is 33.3. The Morgan fingerprint density at radius 1 is 1.10 bits per heavy atom. The van der Waals surface area contributed by atoms with Gasteiger partial charge in [0.05, 0.1) is 32.0 Å². The van der Waals surface area contributed by atoms with Gasteiger partial charge in [0.15, 0.2) is 11.5 Å². The number of amides is 2. The Bertz CT molecular complexity index is 885. The van der Waals surface area contributed by atoms with E-state index in [-0.39, 0.29) is 29.5 Å². The third-order valence-electron chi connectivity index (χ3n) is 5.34. The minimum atomic E-state index is -0.294. The van der Waals surface area contributed by atoms with Gasteiger partial charge in [-0.3, -0.25) is 14.6 Å². The minimum absolute atomic E-state index is 0.0340. The van der Waals surface area contributed by atoms with Crippen molar-refractivity contribution in [2.24, 2.45) is 5.92 Å². The molecule has 1 fully saturated rings. The van der Waals surface area contributed by atoms with Crippen LogP contribution in [0.1, 0.15) is 41.0 Å². The fourth-order valence-electron chi connectivity index (χ4n) is 3.70. The van der Waals surface area contributed by atoms with Gasteiger partial charge in [-0.1, -0.05) is 12.5 Å². The van der Waals surface area contributed by atoms with Gasteiger partial charge >= 0.3 is 0 Å². The highest BCUT2D eigenvalue weighted by atomic mass is 16.5. The van der Waals surface area contributed by atoms with Crippen LogP contribution >= 0.6 is 0 Å². The molecule has 160 valence electrons. The fourth-order valence-corrected chi connectivity index (χ4v) is 3.70. The molecule has 0 aliphatic heterocycles. The van der Waals surface area contributed by atoms with E-state index in [0.29, 0.717) is 24.5 Å². The summed E-state index contributed by atoms with van der Waals surface area (Å²) in [7, 11) is 3.19. The number of nitrogens with one attached hydrogen (secondary N) is 2. The molecule has 2 amide bonds. The van der Waals surface area contributed by atoms with Crippen molar-refractivity contribution in [1.82, 2.24) is 20.6 Å². The number of benzene rings is 1. The first-order chi connectivity index (χ1) is 14.5. The number of hydrogen-bond acceptors (Lipinski definition) is 6. The van der Waals surface area contributed by atoms with Crippen LogP contribution in [0.15, 0.2) is 30.6 Å². The average molecular weight is 412 g/mol. The Morgan fingerprint density at radius 3 is 2.60 bits per heavy atom. The summed E-state index contributed by atoms with van der Waals surface area (Å²) < 4.78 is 10.6. The maximum absolute atomic E-state index is 12.7. The van der Waals surface area contributed by atoms with Crippen LogP contribution in [0, 0.1) is 12.8 Å². The van der Waals surface area contributed by atoms with E-state index < -0.39 is 0 Å². The molecular formula is C22H28N4O4. The molecule has 0 radical (unpaired) electrons. The smallest absolute Gasteiger partial charge is 0.271 e. The molecule has 0 saturated heterocycles. The zero-order chi connectivity index (χ0) is 21.5. The second-order valence-electron chi connectivity index (χ2n) is 7.39. The number of aryl methyl sites for hydroxylation is 1. The van der Waals surface area contributed by atoms with Crippen molar-refractivity contribution >= 4 is 11.8 Å². The molecule has 0 unspecified atom stereocenters. The lowest BCUT2D eigenvalue weighted by Crippen LogP contribution is -2.44. The van der Waals surface area contributed by atoms with E-state index in [2.05, 4.69) is 20.6 Å². The minimum Gasteiger partial charge on any atom is -0.493 e. The van der Waals surface area contributed by atoms with Crippen molar-refractivity contribution in [3.05, 3.63) is 47.5 Å². The van der Waals surface area contributed by atoms with Crippen molar-refractivity contribution in [2.75, 3.05) is 20.8 Å². The molecule has 1 aromatic carbocycles. The standard InChI is InChI=1S/C22H28N4O4/c1-14-12-25-18(13-24-14)22(28)26-17-6-4-5-16(17)21(27)23-10-9-15-7-8-19(29-2)20(11-15)30-3/h7-8,11-13,16-17H,4-6,9-10H2,1-3H3,(H,23,27)(H,26,28)/t16-,17+/m0/s1. The normalized spacial score (nSPS) is 18.0. The highest BCUT2D eigenvalue weighted by Crippen LogP contribution is 2.28. The average Bonchev–Trinajstić information content (AvgIpc) is 3.22. The first kappa shape index (κ1) is 21.5. The van der Waals surface area contributed by atoms with Crippen LogP contribution in [-0.4, -0.2) is 48.6 Å². The van der Waals surface area contributed by atoms with Crippen molar-refractivity contribution < 1.29 is 19.1 Å². The molecule has 2 N–H and O–H groups in total. The van der Waals surface area contributed by atoms with Gasteiger partial charge in [0, 0.05) is 18.8 Å². The molecule has 3 rings (SSSR count). The van der Waals surface area contributed by atoms with E-state index in [1.165, 1.54) is 6.20 Å². The Morgan fingerprint density at radius 2 is 1.90 bits per heavy atom. The number of carbonyl (C=O) groups excluding carboxylic acids is 2. The van der Waals surface area contributed by atoms with Gasteiger partial charge in [-0.15, -0.1) is 0 Å². The van der Waals surface area contributed by atoms with Crippen LogP contribution in [-0.2, 0) is 11.2 Å². The van der Waals surface area contributed by atoms with Gasteiger partial charge in [-0.25, -0.2) is 4.98 Å². The van der Waals surface area contributed by atoms with Gasteiger partial charge in [-0.05, 0) is 43.9 Å². The Kier molecular flexibility index (Phi) is 7.21. The third kappa shape index (κ3) is 5.25. The van der Waals surface area contributed by atoms with Crippen molar-refractivity contribution in [2.45, 2.75) is 38.6 Å². The lowest BCUT2D eigenvalue weighted by atomic mass is 10.0. The van der Waals surface area contributed by atoms with Gasteiger partial charge in [0.25, 0.3) is 5.91 Å². The monoisotopic (exact) mass is 412 g/mol. The van der Waals surface area contributed by atoms with Crippen LogP contribution in [0.3, 0.4) is 0 Å². The lowest BCUT2D eigenvalue weighted by molar-refractivity contribution is -0.125. The second kappa shape index (κ2) is 10.0. The summed E-state index contributed by atoms with van der Waals surface area (Å²) in [5.41, 5.74) is 2.06.